The molecule has 1 amide bonds. The number of aryl methyl sites for hydroxylation is 1. The molecule has 0 aliphatic heterocycles. The van der Waals surface area contributed by atoms with Crippen LogP contribution in [0.1, 0.15) is 64.9 Å². The minimum absolute atomic E-state index is 0.125. The average molecular weight is 388 g/mol. The van der Waals surface area contributed by atoms with Gasteiger partial charge in [-0.3, -0.25) is 4.79 Å². The smallest absolute Gasteiger partial charge is 0.349 e. The van der Waals surface area contributed by atoms with Gasteiger partial charge >= 0.3 is 5.97 Å². The standard InChI is InChI=1S/C22H33N3O3/c1-14(2)9-10-25-15(3)11-18(16(25)4)12-19(13-23)21(27)28-17(5)20(26)24-22(6,7)8/h11-12,14,17H,9-10H2,1-8H3,(H,24,26)/b19-12+/t17-/m0/s1. The van der Waals surface area contributed by atoms with Crippen LogP contribution in [0.3, 0.4) is 0 Å². The molecule has 0 aromatic carbocycles. The molecule has 6 heteroatoms. The van der Waals surface area contributed by atoms with Crippen molar-refractivity contribution in [3.05, 3.63) is 28.6 Å². The number of carbonyl (C=O) groups is 2. The molecule has 154 valence electrons. The number of nitrogens with one attached hydrogen (secondary N) is 1. The zero-order chi connectivity index (χ0) is 21.6. The second-order valence-corrected chi connectivity index (χ2v) is 8.62. The molecule has 0 fully saturated rings. The van der Waals surface area contributed by atoms with Gasteiger partial charge in [0.1, 0.15) is 11.6 Å². The van der Waals surface area contributed by atoms with Crippen molar-refractivity contribution in [1.29, 1.82) is 5.26 Å². The Morgan fingerprint density at radius 3 is 2.39 bits per heavy atom. The third-order valence-electron chi connectivity index (χ3n) is 4.33. The van der Waals surface area contributed by atoms with Crippen molar-refractivity contribution >= 4 is 18.0 Å². The summed E-state index contributed by atoms with van der Waals surface area (Å²) in [6, 6.07) is 3.85. The molecule has 0 saturated heterocycles. The van der Waals surface area contributed by atoms with E-state index in [0.29, 0.717) is 5.92 Å². The average Bonchev–Trinajstić information content (AvgIpc) is 2.82. The third kappa shape index (κ3) is 6.88. The van der Waals surface area contributed by atoms with E-state index in [-0.39, 0.29) is 5.57 Å². The Morgan fingerprint density at radius 2 is 1.89 bits per heavy atom. The summed E-state index contributed by atoms with van der Waals surface area (Å²) < 4.78 is 7.38. The lowest BCUT2D eigenvalue weighted by atomic mass is 10.1. The lowest BCUT2D eigenvalue weighted by Crippen LogP contribution is -2.46. The summed E-state index contributed by atoms with van der Waals surface area (Å²) in [6.07, 6.45) is 1.60. The van der Waals surface area contributed by atoms with Crippen molar-refractivity contribution in [3.63, 3.8) is 0 Å². The summed E-state index contributed by atoms with van der Waals surface area (Å²) in [5.74, 6) is -0.610. The molecule has 0 aliphatic carbocycles. The summed E-state index contributed by atoms with van der Waals surface area (Å²) in [5, 5.41) is 12.2. The zero-order valence-electron chi connectivity index (χ0n) is 18.3. The molecule has 0 spiro atoms. The molecular formula is C22H33N3O3. The first-order chi connectivity index (χ1) is 12.9. The highest BCUT2D eigenvalue weighted by Gasteiger charge is 2.24. The van der Waals surface area contributed by atoms with Gasteiger partial charge in [0.05, 0.1) is 0 Å². The van der Waals surface area contributed by atoms with E-state index in [2.05, 4.69) is 23.7 Å². The number of ether oxygens (including phenoxy) is 1. The third-order valence-corrected chi connectivity index (χ3v) is 4.33. The van der Waals surface area contributed by atoms with Crippen LogP contribution < -0.4 is 5.32 Å². The van der Waals surface area contributed by atoms with E-state index >= 15 is 0 Å². The molecule has 0 saturated carbocycles. The van der Waals surface area contributed by atoms with Gasteiger partial charge in [0.25, 0.3) is 5.91 Å². The van der Waals surface area contributed by atoms with Crippen molar-refractivity contribution in [2.75, 3.05) is 0 Å². The zero-order valence-corrected chi connectivity index (χ0v) is 18.3. The first-order valence-electron chi connectivity index (χ1n) is 9.67. The molecule has 28 heavy (non-hydrogen) atoms. The molecule has 0 unspecified atom stereocenters. The van der Waals surface area contributed by atoms with Gasteiger partial charge in [0.15, 0.2) is 6.10 Å². The van der Waals surface area contributed by atoms with Gasteiger partial charge < -0.3 is 14.6 Å². The van der Waals surface area contributed by atoms with E-state index in [1.54, 1.807) is 0 Å². The Balaban J connectivity index is 2.97. The maximum atomic E-state index is 12.4. The molecule has 1 aromatic rings. The number of amides is 1. The highest BCUT2D eigenvalue weighted by atomic mass is 16.5. The van der Waals surface area contributed by atoms with Crippen LogP contribution in [0.4, 0.5) is 0 Å². The Bertz CT molecular complexity index is 789. The molecule has 6 nitrogen and oxygen atoms in total. The predicted octanol–water partition coefficient (Wildman–Crippen LogP) is 3.90. The highest BCUT2D eigenvalue weighted by Crippen LogP contribution is 2.20. The quantitative estimate of drug-likeness (QED) is 0.437. The molecule has 0 aliphatic rings. The molecule has 1 aromatic heterocycles. The van der Waals surface area contributed by atoms with Crippen LogP contribution in [0.15, 0.2) is 11.6 Å². The van der Waals surface area contributed by atoms with E-state index in [9.17, 15) is 14.9 Å². The van der Waals surface area contributed by atoms with Crippen molar-refractivity contribution in [2.24, 2.45) is 5.92 Å². The van der Waals surface area contributed by atoms with Gasteiger partial charge in [-0.1, -0.05) is 13.8 Å². The van der Waals surface area contributed by atoms with Crippen LogP contribution in [-0.2, 0) is 20.9 Å². The minimum atomic E-state index is -0.984. The lowest BCUT2D eigenvalue weighted by molar-refractivity contribution is -0.151. The summed E-state index contributed by atoms with van der Waals surface area (Å²) in [6.45, 7) is 16.2. The van der Waals surface area contributed by atoms with E-state index in [0.717, 1.165) is 29.9 Å². The number of rotatable bonds is 7. The first-order valence-corrected chi connectivity index (χ1v) is 9.67. The highest BCUT2D eigenvalue weighted by molar-refractivity contribution is 5.99. The fourth-order valence-electron chi connectivity index (χ4n) is 2.75. The molecule has 0 bridgehead atoms. The van der Waals surface area contributed by atoms with Gasteiger partial charge in [-0.15, -0.1) is 0 Å². The molecule has 1 rings (SSSR count). The number of nitriles is 1. The largest absolute Gasteiger partial charge is 0.448 e. The van der Waals surface area contributed by atoms with Crippen molar-refractivity contribution < 1.29 is 14.3 Å². The predicted molar refractivity (Wildman–Crippen MR) is 110 cm³/mol. The Labute approximate surface area is 168 Å². The number of aromatic nitrogens is 1. The second-order valence-electron chi connectivity index (χ2n) is 8.62. The normalized spacial score (nSPS) is 13.2. The van der Waals surface area contributed by atoms with Gasteiger partial charge in [-0.25, -0.2) is 4.79 Å². The van der Waals surface area contributed by atoms with Crippen LogP contribution >= 0.6 is 0 Å². The summed E-state index contributed by atoms with van der Waals surface area (Å²) in [4.78, 5) is 24.5. The fraction of sp³-hybridized carbons (Fsp3) is 0.591. The van der Waals surface area contributed by atoms with Crippen LogP contribution in [0.5, 0.6) is 0 Å². The molecular weight excluding hydrogens is 354 g/mol. The van der Waals surface area contributed by atoms with Crippen LogP contribution in [-0.4, -0.2) is 28.1 Å². The number of nitrogens with zero attached hydrogens (tertiary/aromatic N) is 2. The van der Waals surface area contributed by atoms with Gasteiger partial charge in [-0.05, 0) is 71.6 Å². The minimum Gasteiger partial charge on any atom is -0.448 e. The van der Waals surface area contributed by atoms with Crippen molar-refractivity contribution in [2.45, 2.75) is 80.0 Å². The van der Waals surface area contributed by atoms with Gasteiger partial charge in [0, 0.05) is 23.5 Å². The monoisotopic (exact) mass is 387 g/mol. The van der Waals surface area contributed by atoms with Gasteiger partial charge in [0.2, 0.25) is 0 Å². The molecule has 1 heterocycles. The van der Waals surface area contributed by atoms with E-state index in [4.69, 9.17) is 4.74 Å². The Kier molecular flexibility index (Phi) is 8.04. The number of esters is 1. The summed E-state index contributed by atoms with van der Waals surface area (Å²) in [7, 11) is 0. The topological polar surface area (TPSA) is 84.1 Å². The number of hydrogen-bond acceptors (Lipinski definition) is 4. The summed E-state index contributed by atoms with van der Waals surface area (Å²) in [5.41, 5.74) is 2.32. The Morgan fingerprint density at radius 1 is 1.29 bits per heavy atom. The van der Waals surface area contributed by atoms with Crippen LogP contribution in [0.25, 0.3) is 6.08 Å². The van der Waals surface area contributed by atoms with E-state index in [1.165, 1.54) is 13.0 Å². The van der Waals surface area contributed by atoms with E-state index in [1.807, 2.05) is 46.8 Å². The number of hydrogen-bond donors (Lipinski definition) is 1. The van der Waals surface area contributed by atoms with Crippen molar-refractivity contribution in [3.8, 4) is 6.07 Å². The van der Waals surface area contributed by atoms with Crippen LogP contribution in [0, 0.1) is 31.1 Å². The second kappa shape index (κ2) is 9.59. The lowest BCUT2D eigenvalue weighted by Gasteiger charge is -2.23. The van der Waals surface area contributed by atoms with Crippen LogP contribution in [0.2, 0.25) is 0 Å². The SMILES string of the molecule is Cc1cc(/C=C(\C#N)C(=O)O[C@@H](C)C(=O)NC(C)(C)C)c(C)n1CCC(C)C. The first kappa shape index (κ1) is 23.5. The molecule has 0 radical (unpaired) electrons. The Hall–Kier alpha value is -2.55. The van der Waals surface area contributed by atoms with E-state index < -0.39 is 23.5 Å². The van der Waals surface area contributed by atoms with Crippen molar-refractivity contribution in [1.82, 2.24) is 9.88 Å². The number of carbonyl (C=O) groups excluding carboxylic acids is 2. The fourth-order valence-corrected chi connectivity index (χ4v) is 2.75. The maximum absolute atomic E-state index is 12.4. The maximum Gasteiger partial charge on any atom is 0.349 e. The van der Waals surface area contributed by atoms with Gasteiger partial charge in [-0.2, -0.15) is 5.26 Å². The molecule has 1 atom stereocenters. The molecule has 1 N–H and O–H groups in total. The summed E-state index contributed by atoms with van der Waals surface area (Å²) >= 11 is 0.